The fourth-order valence-electron chi connectivity index (χ4n) is 6.63. The van der Waals surface area contributed by atoms with Gasteiger partial charge in [-0.15, -0.1) is 0 Å². The zero-order chi connectivity index (χ0) is 37.6. The highest BCUT2D eigenvalue weighted by atomic mass is 15.0. The van der Waals surface area contributed by atoms with Gasteiger partial charge >= 0.3 is 0 Å². The quantitative estimate of drug-likeness (QED) is 0.104. The Balaban J connectivity index is 0.00000266. The average molecular weight is 695 g/mol. The molecule has 6 rings (SSSR count). The molecule has 0 radical (unpaired) electrons. The van der Waals surface area contributed by atoms with Crippen molar-refractivity contribution in [1.29, 1.82) is 0 Å². The van der Waals surface area contributed by atoms with E-state index in [1.165, 1.54) is 33.0 Å². The van der Waals surface area contributed by atoms with Crippen LogP contribution in [0, 0.1) is 6.92 Å². The van der Waals surface area contributed by atoms with Crippen LogP contribution in [-0.4, -0.2) is 23.4 Å². The van der Waals surface area contributed by atoms with Gasteiger partial charge in [0.1, 0.15) is 0 Å². The zero-order valence-electron chi connectivity index (χ0n) is 32.0. The maximum absolute atomic E-state index is 5.09. The summed E-state index contributed by atoms with van der Waals surface area (Å²) in [6, 6.07) is 37.7. The molecule has 0 aliphatic heterocycles. The van der Waals surface area contributed by atoms with Gasteiger partial charge in [-0.05, 0) is 131 Å². The van der Waals surface area contributed by atoms with Gasteiger partial charge in [0.15, 0.2) is 11.7 Å². The van der Waals surface area contributed by atoms with E-state index in [1.807, 2.05) is 86.9 Å². The molecule has 0 aliphatic rings. The van der Waals surface area contributed by atoms with Crippen molar-refractivity contribution in [3.05, 3.63) is 173 Å². The summed E-state index contributed by atoms with van der Waals surface area (Å²) in [5.41, 5.74) is 12.5. The Kier molecular flexibility index (Phi) is 13.7. The first-order chi connectivity index (χ1) is 26.0. The third-order valence-electron chi connectivity index (χ3n) is 9.17. The number of aromatic nitrogens is 1. The lowest BCUT2D eigenvalue weighted by Crippen LogP contribution is -2.06. The van der Waals surface area contributed by atoms with E-state index in [1.54, 1.807) is 0 Å². The molecule has 4 nitrogen and oxygen atoms in total. The highest BCUT2D eigenvalue weighted by molar-refractivity contribution is 6.13. The molecule has 0 saturated carbocycles. The highest BCUT2D eigenvalue weighted by Gasteiger charge is 2.16. The molecule has 266 valence electrons. The van der Waals surface area contributed by atoms with E-state index in [9.17, 15) is 0 Å². The molecule has 1 heterocycles. The number of benzene rings is 5. The van der Waals surface area contributed by atoms with Crippen LogP contribution in [0.3, 0.4) is 0 Å². The van der Waals surface area contributed by atoms with Crippen molar-refractivity contribution >= 4 is 41.3 Å². The highest BCUT2D eigenvalue weighted by Crippen LogP contribution is 2.37. The molecule has 0 saturated heterocycles. The van der Waals surface area contributed by atoms with Gasteiger partial charge in [-0.25, -0.2) is 9.98 Å². The fraction of sp³-hybridized carbons (Fsp3) is 0.184. The summed E-state index contributed by atoms with van der Waals surface area (Å²) in [5, 5.41) is 2.50. The van der Waals surface area contributed by atoms with Crippen LogP contribution < -0.4 is 0 Å². The molecule has 0 N–H and O–H groups in total. The van der Waals surface area contributed by atoms with Crippen LogP contribution in [-0.2, 0) is 13.0 Å². The smallest absolute Gasteiger partial charge is 0.161 e. The molecular formula is C49H50N4. The summed E-state index contributed by atoms with van der Waals surface area (Å²) >= 11 is 0. The number of fused-ring (bicyclic) bond motifs is 1. The van der Waals surface area contributed by atoms with Gasteiger partial charge in [0.05, 0.1) is 6.54 Å². The van der Waals surface area contributed by atoms with E-state index >= 15 is 0 Å². The fourth-order valence-corrected chi connectivity index (χ4v) is 6.63. The molecule has 0 unspecified atom stereocenters. The molecule has 4 heteroatoms. The molecule has 0 fully saturated rings. The van der Waals surface area contributed by atoms with Gasteiger partial charge < -0.3 is 0 Å². The lowest BCUT2D eigenvalue weighted by atomic mass is 9.86. The van der Waals surface area contributed by atoms with E-state index in [0.29, 0.717) is 18.2 Å². The number of nitrogens with zero attached hydrogens (tertiary/aromatic N) is 4. The van der Waals surface area contributed by atoms with Crippen molar-refractivity contribution in [1.82, 2.24) is 4.98 Å². The zero-order valence-corrected chi connectivity index (χ0v) is 32.0. The van der Waals surface area contributed by atoms with Gasteiger partial charge in [0.25, 0.3) is 0 Å². The number of pyridine rings is 1. The molecule has 1 aromatic heterocycles. The summed E-state index contributed by atoms with van der Waals surface area (Å²) in [7, 11) is 0. The minimum Gasteiger partial charge on any atom is -0.265 e. The monoisotopic (exact) mass is 694 g/mol. The van der Waals surface area contributed by atoms with Crippen LogP contribution in [0.5, 0.6) is 0 Å². The van der Waals surface area contributed by atoms with Gasteiger partial charge in [-0.3, -0.25) is 9.98 Å². The lowest BCUT2D eigenvalue weighted by Gasteiger charge is -2.18. The Labute approximate surface area is 316 Å². The van der Waals surface area contributed by atoms with Gasteiger partial charge in [-0.1, -0.05) is 125 Å². The van der Waals surface area contributed by atoms with Crippen molar-refractivity contribution < 1.29 is 0 Å². The molecule has 0 bridgehead atoms. The third kappa shape index (κ3) is 9.09. The Bertz CT molecular complexity index is 2260. The predicted molar refractivity (Wildman–Crippen MR) is 231 cm³/mol. The minimum atomic E-state index is 0.502. The molecular weight excluding hydrogens is 645 g/mol. The molecule has 0 atom stereocenters. The second kappa shape index (κ2) is 19.0. The maximum atomic E-state index is 5.09. The Morgan fingerprint density at radius 3 is 2.00 bits per heavy atom. The van der Waals surface area contributed by atoms with Crippen LogP contribution in [0.1, 0.15) is 80.0 Å². The average Bonchev–Trinajstić information content (AvgIpc) is 3.22. The summed E-state index contributed by atoms with van der Waals surface area (Å²) in [6.07, 6.45) is 14.6. The normalized spacial score (nSPS) is 12.0. The molecule has 6 aromatic rings. The van der Waals surface area contributed by atoms with Crippen LogP contribution in [0.15, 0.2) is 149 Å². The first-order valence-corrected chi connectivity index (χ1v) is 18.7. The van der Waals surface area contributed by atoms with Crippen molar-refractivity contribution in [2.45, 2.75) is 60.9 Å². The standard InChI is InChI=1S/C47H44N4.C2H6/c1-6-9-21-42-33(4)41(8-3)43(16-7-2)45-31-37(22-23-44(42)45)39-28-38(35-24-26-49-27-25-35)29-40(30-39)46(48-5)51-47(36-19-14-11-15-20-36)50-32-34-17-12-10-13-18-34;1-2/h7,9-31H,5-6,8,32H2,1-4H3;1-2H3/b16-7-,21-9-,50-47?,51-46?;. The summed E-state index contributed by atoms with van der Waals surface area (Å²) in [5.74, 6) is 1.11. The summed E-state index contributed by atoms with van der Waals surface area (Å²) in [6.45, 7) is 17.3. The van der Waals surface area contributed by atoms with Gasteiger partial charge in [0.2, 0.25) is 0 Å². The van der Waals surface area contributed by atoms with E-state index in [2.05, 4.69) is 117 Å². The first kappa shape index (κ1) is 38.2. The largest absolute Gasteiger partial charge is 0.265 e. The number of allylic oxidation sites excluding steroid dienone is 2. The van der Waals surface area contributed by atoms with E-state index in [-0.39, 0.29) is 0 Å². The predicted octanol–water partition coefficient (Wildman–Crippen LogP) is 13.0. The summed E-state index contributed by atoms with van der Waals surface area (Å²) < 4.78 is 0. The Morgan fingerprint density at radius 1 is 0.679 bits per heavy atom. The molecule has 5 aromatic carbocycles. The second-order valence-electron chi connectivity index (χ2n) is 12.5. The molecule has 0 aliphatic carbocycles. The van der Waals surface area contributed by atoms with E-state index in [0.717, 1.165) is 51.8 Å². The van der Waals surface area contributed by atoms with Crippen molar-refractivity contribution in [3.63, 3.8) is 0 Å². The van der Waals surface area contributed by atoms with Crippen molar-refractivity contribution in [3.8, 4) is 22.3 Å². The maximum Gasteiger partial charge on any atom is 0.161 e. The molecule has 0 spiro atoms. The number of aliphatic imine (C=N–C) groups is 3. The number of hydrogen-bond donors (Lipinski definition) is 0. The number of rotatable bonds is 10. The van der Waals surface area contributed by atoms with E-state index < -0.39 is 0 Å². The number of amidine groups is 2. The Morgan fingerprint density at radius 2 is 1.36 bits per heavy atom. The van der Waals surface area contributed by atoms with E-state index in [4.69, 9.17) is 9.98 Å². The third-order valence-corrected chi connectivity index (χ3v) is 9.17. The summed E-state index contributed by atoms with van der Waals surface area (Å²) in [4.78, 5) is 18.8. The van der Waals surface area contributed by atoms with Crippen LogP contribution >= 0.6 is 0 Å². The molecule has 53 heavy (non-hydrogen) atoms. The van der Waals surface area contributed by atoms with Crippen LogP contribution in [0.25, 0.3) is 45.2 Å². The SMILES string of the molecule is C=NC(=NC(=NCc1ccccc1)c1ccccc1)c1cc(-c2ccncc2)cc(-c2ccc3c(/C=C\CC)c(C)c(CC)c(/C=C\C)c3c2)c1.CC. The Hall–Kier alpha value is -6.00. The lowest BCUT2D eigenvalue weighted by molar-refractivity contribution is 1.06. The second-order valence-corrected chi connectivity index (χ2v) is 12.5. The first-order valence-electron chi connectivity index (χ1n) is 18.7. The van der Waals surface area contributed by atoms with Gasteiger partial charge in [-0.2, -0.15) is 0 Å². The van der Waals surface area contributed by atoms with Crippen LogP contribution in [0.2, 0.25) is 0 Å². The number of hydrogen-bond acceptors (Lipinski definition) is 2. The minimum absolute atomic E-state index is 0.502. The van der Waals surface area contributed by atoms with Crippen LogP contribution in [0.4, 0.5) is 0 Å². The van der Waals surface area contributed by atoms with Gasteiger partial charge in [0, 0.05) is 23.5 Å². The van der Waals surface area contributed by atoms with Crippen molar-refractivity contribution in [2.24, 2.45) is 15.0 Å². The topological polar surface area (TPSA) is 50.0 Å². The molecule has 0 amide bonds. The van der Waals surface area contributed by atoms with Crippen molar-refractivity contribution in [2.75, 3.05) is 0 Å².